The third-order valence-electron chi connectivity index (χ3n) is 1.60. The number of aromatic nitrogens is 2. The first kappa shape index (κ1) is 13.0. The molecule has 0 aromatic carbocycles. The summed E-state index contributed by atoms with van der Waals surface area (Å²) in [6.45, 7) is 1.92. The van der Waals surface area contributed by atoms with Crippen molar-refractivity contribution >= 4 is 17.5 Å². The Morgan fingerprint density at radius 3 is 2.69 bits per heavy atom. The Balaban J connectivity index is 2.21. The molecule has 0 unspecified atom stereocenters. The molecule has 90 valence electrons. The zero-order valence-corrected chi connectivity index (χ0v) is 9.74. The second-order valence-electron chi connectivity index (χ2n) is 2.84. The summed E-state index contributed by atoms with van der Waals surface area (Å²) in [5.74, 6) is 0.427. The fraction of sp³-hybridized carbons (Fsp3) is 0.556. The van der Waals surface area contributed by atoms with Crippen LogP contribution in [0.1, 0.15) is 0 Å². The molecule has 0 aliphatic carbocycles. The molecule has 0 spiro atoms. The average molecular weight is 248 g/mol. The minimum absolute atomic E-state index is 0.0859. The summed E-state index contributed by atoms with van der Waals surface area (Å²) in [5.41, 5.74) is 5.39. The second-order valence-corrected chi connectivity index (χ2v) is 3.23. The van der Waals surface area contributed by atoms with Crippen LogP contribution in [-0.4, -0.2) is 43.5 Å². The van der Waals surface area contributed by atoms with Crippen LogP contribution < -0.4 is 10.5 Å². The van der Waals surface area contributed by atoms with Gasteiger partial charge >= 0.3 is 0 Å². The Hall–Kier alpha value is -1.11. The van der Waals surface area contributed by atoms with Crippen LogP contribution in [0.15, 0.2) is 6.07 Å². The highest BCUT2D eigenvalue weighted by Crippen LogP contribution is 2.14. The maximum Gasteiger partial charge on any atom is 0.224 e. The van der Waals surface area contributed by atoms with E-state index < -0.39 is 0 Å². The van der Waals surface area contributed by atoms with Crippen molar-refractivity contribution in [1.82, 2.24) is 9.97 Å². The van der Waals surface area contributed by atoms with Gasteiger partial charge in [0.2, 0.25) is 11.8 Å². The third kappa shape index (κ3) is 5.11. The summed E-state index contributed by atoms with van der Waals surface area (Å²) in [4.78, 5) is 7.56. The van der Waals surface area contributed by atoms with Crippen LogP contribution in [-0.2, 0) is 9.47 Å². The van der Waals surface area contributed by atoms with E-state index in [1.807, 2.05) is 0 Å². The Kier molecular flexibility index (Phi) is 5.84. The topological polar surface area (TPSA) is 79.5 Å². The molecule has 0 amide bonds. The zero-order valence-electron chi connectivity index (χ0n) is 8.98. The number of nitrogen functional groups attached to an aromatic ring is 1. The van der Waals surface area contributed by atoms with Gasteiger partial charge in [0, 0.05) is 13.2 Å². The van der Waals surface area contributed by atoms with Gasteiger partial charge < -0.3 is 19.9 Å². The predicted molar refractivity (Wildman–Crippen MR) is 59.6 cm³/mol. The standard InChI is InChI=1S/C9H14ClN3O3/c1-14-2-3-15-4-5-16-8-6-7(10)12-9(11)13-8/h6H,2-5H2,1H3,(H2,11,12,13). The lowest BCUT2D eigenvalue weighted by atomic mass is 10.6. The van der Waals surface area contributed by atoms with Crippen molar-refractivity contribution in [3.63, 3.8) is 0 Å². The first-order valence-corrected chi connectivity index (χ1v) is 5.09. The van der Waals surface area contributed by atoms with Crippen LogP contribution in [0.3, 0.4) is 0 Å². The number of nitrogens with two attached hydrogens (primary N) is 1. The molecule has 0 bridgehead atoms. The SMILES string of the molecule is COCCOCCOc1cc(Cl)nc(N)n1. The Labute approximate surface area is 98.7 Å². The van der Waals surface area contributed by atoms with Crippen LogP contribution in [0.25, 0.3) is 0 Å². The van der Waals surface area contributed by atoms with Crippen molar-refractivity contribution in [1.29, 1.82) is 0 Å². The number of rotatable bonds is 7. The number of nitrogens with zero attached hydrogens (tertiary/aromatic N) is 2. The number of hydrogen-bond acceptors (Lipinski definition) is 6. The molecular weight excluding hydrogens is 234 g/mol. The monoisotopic (exact) mass is 247 g/mol. The minimum Gasteiger partial charge on any atom is -0.475 e. The van der Waals surface area contributed by atoms with Crippen LogP contribution in [0, 0.1) is 0 Å². The van der Waals surface area contributed by atoms with Crippen LogP contribution >= 0.6 is 11.6 Å². The van der Waals surface area contributed by atoms with Gasteiger partial charge in [0.1, 0.15) is 11.8 Å². The minimum atomic E-state index is 0.0859. The van der Waals surface area contributed by atoms with Gasteiger partial charge in [-0.3, -0.25) is 0 Å². The molecule has 0 aliphatic heterocycles. The highest BCUT2D eigenvalue weighted by molar-refractivity contribution is 6.29. The molecule has 0 radical (unpaired) electrons. The van der Waals surface area contributed by atoms with Crippen molar-refractivity contribution in [2.75, 3.05) is 39.3 Å². The lowest BCUT2D eigenvalue weighted by Gasteiger charge is -2.06. The molecular formula is C9H14ClN3O3. The molecule has 16 heavy (non-hydrogen) atoms. The normalized spacial score (nSPS) is 10.4. The van der Waals surface area contributed by atoms with Crippen LogP contribution in [0.4, 0.5) is 5.95 Å². The van der Waals surface area contributed by atoms with E-state index in [9.17, 15) is 0 Å². The Morgan fingerprint density at radius 2 is 2.00 bits per heavy atom. The maximum absolute atomic E-state index is 5.67. The summed E-state index contributed by atoms with van der Waals surface area (Å²) in [6, 6.07) is 1.49. The van der Waals surface area contributed by atoms with Gasteiger partial charge in [-0.05, 0) is 0 Å². The van der Waals surface area contributed by atoms with E-state index in [1.165, 1.54) is 6.07 Å². The number of anilines is 1. The quantitative estimate of drug-likeness (QED) is 0.566. The molecule has 0 saturated heterocycles. The summed E-state index contributed by atoms with van der Waals surface area (Å²) in [7, 11) is 1.62. The molecule has 1 aromatic rings. The van der Waals surface area contributed by atoms with Gasteiger partial charge in [-0.15, -0.1) is 0 Å². The van der Waals surface area contributed by atoms with Gasteiger partial charge in [-0.1, -0.05) is 11.6 Å². The van der Waals surface area contributed by atoms with Crippen molar-refractivity contribution in [3.8, 4) is 5.88 Å². The van der Waals surface area contributed by atoms with Crippen LogP contribution in [0.2, 0.25) is 5.15 Å². The average Bonchev–Trinajstić information content (AvgIpc) is 2.22. The van der Waals surface area contributed by atoms with Crippen molar-refractivity contribution in [2.24, 2.45) is 0 Å². The van der Waals surface area contributed by atoms with Crippen LogP contribution in [0.5, 0.6) is 5.88 Å². The van der Waals surface area contributed by atoms with Crippen molar-refractivity contribution < 1.29 is 14.2 Å². The second kappa shape index (κ2) is 7.21. The molecule has 0 aliphatic rings. The summed E-state index contributed by atoms with van der Waals surface area (Å²) >= 11 is 5.67. The predicted octanol–water partition coefficient (Wildman–Crippen LogP) is 0.754. The van der Waals surface area contributed by atoms with E-state index in [2.05, 4.69) is 9.97 Å². The largest absolute Gasteiger partial charge is 0.475 e. The van der Waals surface area contributed by atoms with Gasteiger partial charge in [0.05, 0.1) is 19.8 Å². The lowest BCUT2D eigenvalue weighted by Crippen LogP contribution is -2.11. The fourth-order valence-electron chi connectivity index (χ4n) is 0.937. The first-order chi connectivity index (χ1) is 7.72. The molecule has 2 N–H and O–H groups in total. The molecule has 6 nitrogen and oxygen atoms in total. The maximum atomic E-state index is 5.67. The van der Waals surface area contributed by atoms with E-state index in [1.54, 1.807) is 7.11 Å². The molecule has 1 rings (SSSR count). The molecule has 1 heterocycles. The first-order valence-electron chi connectivity index (χ1n) is 4.72. The van der Waals surface area contributed by atoms with Gasteiger partial charge in [0.25, 0.3) is 0 Å². The Morgan fingerprint density at radius 1 is 1.25 bits per heavy atom. The molecule has 7 heteroatoms. The fourth-order valence-corrected chi connectivity index (χ4v) is 1.12. The van der Waals surface area contributed by atoms with E-state index in [0.717, 1.165) is 0 Å². The summed E-state index contributed by atoms with van der Waals surface area (Å²) < 4.78 is 15.3. The zero-order chi connectivity index (χ0) is 11.8. The van der Waals surface area contributed by atoms with Gasteiger partial charge in [0.15, 0.2) is 0 Å². The number of methoxy groups -OCH3 is 1. The van der Waals surface area contributed by atoms with E-state index in [-0.39, 0.29) is 11.1 Å². The Bertz CT molecular complexity index is 305. The van der Waals surface area contributed by atoms with E-state index >= 15 is 0 Å². The highest BCUT2D eigenvalue weighted by atomic mass is 35.5. The number of hydrogen-bond donors (Lipinski definition) is 1. The van der Waals surface area contributed by atoms with Gasteiger partial charge in [-0.25, -0.2) is 4.98 Å². The lowest BCUT2D eigenvalue weighted by molar-refractivity contribution is 0.0537. The summed E-state index contributed by atoms with van der Waals surface area (Å²) in [5, 5.41) is 0.253. The molecule has 0 fully saturated rings. The van der Waals surface area contributed by atoms with Gasteiger partial charge in [-0.2, -0.15) is 4.98 Å². The third-order valence-corrected chi connectivity index (χ3v) is 1.79. The highest BCUT2D eigenvalue weighted by Gasteiger charge is 2.01. The molecule has 0 saturated carbocycles. The smallest absolute Gasteiger partial charge is 0.224 e. The van der Waals surface area contributed by atoms with E-state index in [4.69, 9.17) is 31.5 Å². The van der Waals surface area contributed by atoms with Crippen molar-refractivity contribution in [2.45, 2.75) is 0 Å². The number of ether oxygens (including phenoxy) is 3. The molecule has 0 atom stereocenters. The summed E-state index contributed by atoms with van der Waals surface area (Å²) in [6.07, 6.45) is 0. The molecule has 1 aromatic heterocycles. The van der Waals surface area contributed by atoms with Crippen molar-refractivity contribution in [3.05, 3.63) is 11.2 Å². The van der Waals surface area contributed by atoms with E-state index in [0.29, 0.717) is 32.3 Å². The number of halogens is 1.